The fourth-order valence-corrected chi connectivity index (χ4v) is 2.76. The number of carbonyl (C=O) groups excluding carboxylic acids is 2. The lowest BCUT2D eigenvalue weighted by Crippen LogP contribution is -2.30. The van der Waals surface area contributed by atoms with Crippen LogP contribution in [0.4, 0.5) is 5.69 Å². The number of fused-ring (bicyclic) bond motifs is 1. The van der Waals surface area contributed by atoms with Crippen LogP contribution in [0, 0.1) is 0 Å². The second-order valence-electron chi connectivity index (χ2n) is 4.95. The van der Waals surface area contributed by atoms with E-state index >= 15 is 0 Å². The van der Waals surface area contributed by atoms with Gasteiger partial charge in [0.05, 0.1) is 6.42 Å². The molecular formula is C16H15NO5S. The van der Waals surface area contributed by atoms with Crippen molar-refractivity contribution in [3.05, 3.63) is 40.6 Å². The molecule has 0 radical (unpaired) electrons. The number of thiophene rings is 1. The molecule has 0 aliphatic carbocycles. The predicted octanol–water partition coefficient (Wildman–Crippen LogP) is 2.59. The molecule has 7 heteroatoms. The van der Waals surface area contributed by atoms with E-state index in [1.165, 1.54) is 18.3 Å². The van der Waals surface area contributed by atoms with Crippen LogP contribution in [-0.4, -0.2) is 24.8 Å². The topological polar surface area (TPSA) is 73.9 Å². The summed E-state index contributed by atoms with van der Waals surface area (Å²) in [5.74, 6) is 0.382. The summed E-state index contributed by atoms with van der Waals surface area (Å²) in [5.41, 5.74) is 0.556. The minimum Gasteiger partial charge on any atom is -0.454 e. The van der Waals surface area contributed by atoms with Crippen molar-refractivity contribution in [2.45, 2.75) is 19.4 Å². The van der Waals surface area contributed by atoms with E-state index in [0.29, 0.717) is 17.2 Å². The SMILES string of the molecule is C[C@@H](OC(=O)Cc1cccs1)C(=O)Nc1ccc2c(c1)OCO2. The molecule has 2 aromatic rings. The fraction of sp³-hybridized carbons (Fsp3) is 0.250. The molecule has 0 unspecified atom stereocenters. The molecule has 1 aromatic carbocycles. The van der Waals surface area contributed by atoms with Gasteiger partial charge in [-0.3, -0.25) is 9.59 Å². The predicted molar refractivity (Wildman–Crippen MR) is 84.8 cm³/mol. The van der Waals surface area contributed by atoms with E-state index in [2.05, 4.69) is 5.32 Å². The van der Waals surface area contributed by atoms with Crippen molar-refractivity contribution in [3.63, 3.8) is 0 Å². The standard InChI is InChI=1S/C16H15NO5S/c1-10(22-15(18)8-12-3-2-6-23-12)16(19)17-11-4-5-13-14(7-11)21-9-20-13/h2-7,10H,8-9H2,1H3,(H,17,19)/t10-/m1/s1. The highest BCUT2D eigenvalue weighted by Gasteiger charge is 2.20. The molecular weight excluding hydrogens is 318 g/mol. The van der Waals surface area contributed by atoms with Gasteiger partial charge in [0.25, 0.3) is 5.91 Å². The normalized spacial score (nSPS) is 13.4. The number of carbonyl (C=O) groups is 2. The van der Waals surface area contributed by atoms with E-state index < -0.39 is 18.0 Å². The maximum atomic E-state index is 12.1. The van der Waals surface area contributed by atoms with E-state index in [-0.39, 0.29) is 13.2 Å². The highest BCUT2D eigenvalue weighted by molar-refractivity contribution is 7.10. The third kappa shape index (κ3) is 3.81. The van der Waals surface area contributed by atoms with Gasteiger partial charge < -0.3 is 19.5 Å². The van der Waals surface area contributed by atoms with Crippen molar-refractivity contribution in [1.82, 2.24) is 0 Å². The molecule has 0 saturated heterocycles. The first-order chi connectivity index (χ1) is 11.1. The first-order valence-electron chi connectivity index (χ1n) is 7.04. The van der Waals surface area contributed by atoms with Crippen LogP contribution in [0.3, 0.4) is 0 Å². The molecule has 120 valence electrons. The lowest BCUT2D eigenvalue weighted by molar-refractivity contribution is -0.152. The van der Waals surface area contributed by atoms with Crippen molar-refractivity contribution >= 4 is 28.9 Å². The lowest BCUT2D eigenvalue weighted by atomic mass is 10.2. The molecule has 0 spiro atoms. The van der Waals surface area contributed by atoms with Crippen molar-refractivity contribution in [2.24, 2.45) is 0 Å². The zero-order valence-electron chi connectivity index (χ0n) is 12.4. The van der Waals surface area contributed by atoms with Crippen LogP contribution in [0.2, 0.25) is 0 Å². The number of amides is 1. The summed E-state index contributed by atoms with van der Waals surface area (Å²) < 4.78 is 15.6. The van der Waals surface area contributed by atoms with Crippen LogP contribution in [-0.2, 0) is 20.7 Å². The Kier molecular flexibility index (Phi) is 4.47. The number of hydrogen-bond acceptors (Lipinski definition) is 6. The molecule has 1 aliphatic rings. The molecule has 6 nitrogen and oxygen atoms in total. The Labute approximate surface area is 137 Å². The van der Waals surface area contributed by atoms with Gasteiger partial charge in [0.15, 0.2) is 17.6 Å². The van der Waals surface area contributed by atoms with E-state index in [4.69, 9.17) is 14.2 Å². The smallest absolute Gasteiger partial charge is 0.311 e. The average Bonchev–Trinajstić information content (AvgIpc) is 3.17. The Bertz CT molecular complexity index is 713. The van der Waals surface area contributed by atoms with Crippen LogP contribution < -0.4 is 14.8 Å². The molecule has 0 fully saturated rings. The summed E-state index contributed by atoms with van der Waals surface area (Å²) >= 11 is 1.47. The molecule has 3 rings (SSSR count). The molecule has 0 saturated carbocycles. The zero-order chi connectivity index (χ0) is 16.2. The van der Waals surface area contributed by atoms with E-state index in [1.807, 2.05) is 17.5 Å². The van der Waals surface area contributed by atoms with Gasteiger partial charge in [0.1, 0.15) is 0 Å². The molecule has 1 amide bonds. The van der Waals surface area contributed by atoms with Gasteiger partial charge in [-0.05, 0) is 30.5 Å². The highest BCUT2D eigenvalue weighted by atomic mass is 32.1. The van der Waals surface area contributed by atoms with Crippen LogP contribution >= 0.6 is 11.3 Å². The van der Waals surface area contributed by atoms with Gasteiger partial charge >= 0.3 is 5.97 Å². The highest BCUT2D eigenvalue weighted by Crippen LogP contribution is 2.34. The Morgan fingerprint density at radius 1 is 1.30 bits per heavy atom. The minimum atomic E-state index is -0.882. The van der Waals surface area contributed by atoms with E-state index in [0.717, 1.165) is 4.88 Å². The fourth-order valence-electron chi connectivity index (χ4n) is 2.07. The second kappa shape index (κ2) is 6.70. The average molecular weight is 333 g/mol. The molecule has 1 aliphatic heterocycles. The van der Waals surface area contributed by atoms with Crippen molar-refractivity contribution < 1.29 is 23.8 Å². The van der Waals surface area contributed by atoms with Gasteiger partial charge in [-0.15, -0.1) is 11.3 Å². The molecule has 23 heavy (non-hydrogen) atoms. The number of rotatable bonds is 5. The molecule has 0 bridgehead atoms. The van der Waals surface area contributed by atoms with Gasteiger partial charge in [0, 0.05) is 16.6 Å². The van der Waals surface area contributed by atoms with E-state index in [1.54, 1.807) is 18.2 Å². The lowest BCUT2D eigenvalue weighted by Gasteiger charge is -2.13. The first kappa shape index (κ1) is 15.4. The monoisotopic (exact) mass is 333 g/mol. The van der Waals surface area contributed by atoms with Crippen molar-refractivity contribution in [2.75, 3.05) is 12.1 Å². The van der Waals surface area contributed by atoms with Crippen molar-refractivity contribution in [3.8, 4) is 11.5 Å². The molecule has 1 N–H and O–H groups in total. The largest absolute Gasteiger partial charge is 0.454 e. The van der Waals surface area contributed by atoms with Crippen LogP contribution in [0.25, 0.3) is 0 Å². The quantitative estimate of drug-likeness (QED) is 0.851. The molecule has 1 aromatic heterocycles. The third-order valence-corrected chi connectivity index (χ3v) is 4.09. The van der Waals surface area contributed by atoms with Crippen molar-refractivity contribution in [1.29, 1.82) is 0 Å². The van der Waals surface area contributed by atoms with Gasteiger partial charge in [-0.25, -0.2) is 0 Å². The Hall–Kier alpha value is -2.54. The summed E-state index contributed by atoms with van der Waals surface area (Å²) in [6, 6.07) is 8.80. The number of hydrogen-bond donors (Lipinski definition) is 1. The summed E-state index contributed by atoms with van der Waals surface area (Å²) in [5, 5.41) is 4.57. The number of esters is 1. The van der Waals surface area contributed by atoms with Crippen LogP contribution in [0.5, 0.6) is 11.5 Å². The Balaban J connectivity index is 1.54. The number of anilines is 1. The van der Waals surface area contributed by atoms with Gasteiger partial charge in [-0.2, -0.15) is 0 Å². The number of ether oxygens (including phenoxy) is 3. The Morgan fingerprint density at radius 2 is 2.13 bits per heavy atom. The van der Waals surface area contributed by atoms with Crippen LogP contribution in [0.15, 0.2) is 35.7 Å². The minimum absolute atomic E-state index is 0.166. The number of benzene rings is 1. The summed E-state index contributed by atoms with van der Waals surface area (Å²) in [7, 11) is 0. The van der Waals surface area contributed by atoms with Gasteiger partial charge in [0.2, 0.25) is 6.79 Å². The third-order valence-electron chi connectivity index (χ3n) is 3.22. The van der Waals surface area contributed by atoms with Gasteiger partial charge in [-0.1, -0.05) is 6.07 Å². The summed E-state index contributed by atoms with van der Waals surface area (Å²) in [6.07, 6.45) is -0.716. The first-order valence-corrected chi connectivity index (χ1v) is 7.92. The second-order valence-corrected chi connectivity index (χ2v) is 5.98. The zero-order valence-corrected chi connectivity index (χ0v) is 13.2. The summed E-state index contributed by atoms with van der Waals surface area (Å²) in [6.45, 7) is 1.71. The number of nitrogens with one attached hydrogen (secondary N) is 1. The maximum absolute atomic E-state index is 12.1. The molecule has 1 atom stereocenters. The maximum Gasteiger partial charge on any atom is 0.311 e. The van der Waals surface area contributed by atoms with E-state index in [9.17, 15) is 9.59 Å². The molecule has 2 heterocycles. The Morgan fingerprint density at radius 3 is 2.91 bits per heavy atom. The summed E-state index contributed by atoms with van der Waals surface area (Å²) in [4.78, 5) is 24.8. The van der Waals surface area contributed by atoms with Crippen LogP contribution in [0.1, 0.15) is 11.8 Å².